The van der Waals surface area contributed by atoms with Crippen LogP contribution < -0.4 is 5.32 Å². The molecule has 128 valence electrons. The van der Waals surface area contributed by atoms with Crippen molar-refractivity contribution in [1.29, 1.82) is 0 Å². The lowest BCUT2D eigenvalue weighted by Crippen LogP contribution is -2.36. The summed E-state index contributed by atoms with van der Waals surface area (Å²) in [5.41, 5.74) is 1.13. The molecule has 0 aliphatic heterocycles. The largest absolute Gasteiger partial charge is 0.481 e. The van der Waals surface area contributed by atoms with Gasteiger partial charge in [-0.15, -0.1) is 0 Å². The molecular formula is C17H19NO5S. The van der Waals surface area contributed by atoms with Gasteiger partial charge in [-0.3, -0.25) is 9.59 Å². The minimum Gasteiger partial charge on any atom is -0.481 e. The van der Waals surface area contributed by atoms with E-state index in [9.17, 15) is 23.1 Å². The topological polar surface area (TPSA) is 101 Å². The molecular weight excluding hydrogens is 330 g/mol. The molecule has 2 aliphatic rings. The molecule has 2 aliphatic carbocycles. The number of aliphatic carboxylic acids is 1. The molecule has 1 aromatic carbocycles. The highest BCUT2D eigenvalue weighted by atomic mass is 32.2. The summed E-state index contributed by atoms with van der Waals surface area (Å²) in [5.74, 6) is -2.86. The lowest BCUT2D eigenvalue weighted by molar-refractivity contribution is -0.146. The van der Waals surface area contributed by atoms with Gasteiger partial charge in [0.15, 0.2) is 9.84 Å². The van der Waals surface area contributed by atoms with E-state index in [-0.39, 0.29) is 22.6 Å². The van der Waals surface area contributed by atoms with Crippen molar-refractivity contribution in [2.24, 2.45) is 23.7 Å². The van der Waals surface area contributed by atoms with Gasteiger partial charge in [0.25, 0.3) is 0 Å². The molecule has 7 heteroatoms. The Balaban J connectivity index is 1.88. The van der Waals surface area contributed by atoms with Crippen molar-refractivity contribution in [3.63, 3.8) is 0 Å². The highest BCUT2D eigenvalue weighted by molar-refractivity contribution is 7.90. The van der Waals surface area contributed by atoms with Gasteiger partial charge in [0.1, 0.15) is 0 Å². The number of carboxylic acids is 1. The number of carboxylic acid groups (broad SMARTS) is 1. The molecule has 0 heterocycles. The zero-order chi connectivity index (χ0) is 17.6. The van der Waals surface area contributed by atoms with E-state index in [2.05, 4.69) is 5.32 Å². The van der Waals surface area contributed by atoms with Gasteiger partial charge in [-0.1, -0.05) is 18.2 Å². The minimum absolute atomic E-state index is 0.0745. The second-order valence-electron chi connectivity index (χ2n) is 6.58. The number of hydrogen-bond acceptors (Lipinski definition) is 4. The van der Waals surface area contributed by atoms with E-state index in [0.717, 1.165) is 11.8 Å². The molecule has 1 saturated carbocycles. The molecule has 2 N–H and O–H groups in total. The molecule has 1 amide bonds. The monoisotopic (exact) mass is 349 g/mol. The van der Waals surface area contributed by atoms with Crippen LogP contribution in [0.25, 0.3) is 0 Å². The molecule has 1 fully saturated rings. The Kier molecular flexibility index (Phi) is 3.99. The fraction of sp³-hybridized carbons (Fsp3) is 0.412. The van der Waals surface area contributed by atoms with E-state index in [0.29, 0.717) is 12.1 Å². The molecule has 6 nitrogen and oxygen atoms in total. The Morgan fingerprint density at radius 1 is 1.17 bits per heavy atom. The smallest absolute Gasteiger partial charge is 0.307 e. The van der Waals surface area contributed by atoms with Gasteiger partial charge in [-0.05, 0) is 42.9 Å². The first-order valence-corrected chi connectivity index (χ1v) is 9.60. The Morgan fingerprint density at radius 3 is 2.38 bits per heavy atom. The van der Waals surface area contributed by atoms with Crippen molar-refractivity contribution in [3.8, 4) is 0 Å². The maximum Gasteiger partial charge on any atom is 0.307 e. The third-order valence-corrected chi connectivity index (χ3v) is 6.05. The summed E-state index contributed by atoms with van der Waals surface area (Å²) in [7, 11) is -3.39. The number of hydrogen-bond donors (Lipinski definition) is 2. The van der Waals surface area contributed by atoms with E-state index >= 15 is 0 Å². The van der Waals surface area contributed by atoms with Crippen LogP contribution in [0.15, 0.2) is 35.2 Å². The number of aryl methyl sites for hydroxylation is 1. The number of fused-ring (bicyclic) bond motifs is 2. The van der Waals surface area contributed by atoms with Crippen LogP contribution in [0.4, 0.5) is 5.69 Å². The zero-order valence-corrected chi connectivity index (χ0v) is 14.2. The van der Waals surface area contributed by atoms with Crippen LogP contribution in [-0.2, 0) is 19.4 Å². The van der Waals surface area contributed by atoms with Gasteiger partial charge >= 0.3 is 5.97 Å². The number of rotatable bonds is 4. The van der Waals surface area contributed by atoms with Crippen molar-refractivity contribution in [2.75, 3.05) is 11.6 Å². The number of sulfone groups is 1. The first-order chi connectivity index (χ1) is 11.2. The van der Waals surface area contributed by atoms with Crippen LogP contribution in [0.2, 0.25) is 0 Å². The third kappa shape index (κ3) is 2.84. The number of allylic oxidation sites excluding steroid dienone is 2. The molecule has 4 atom stereocenters. The van der Waals surface area contributed by atoms with E-state index in [1.165, 1.54) is 12.1 Å². The van der Waals surface area contributed by atoms with E-state index in [1.54, 1.807) is 13.0 Å². The van der Waals surface area contributed by atoms with E-state index < -0.39 is 27.6 Å². The molecule has 0 saturated heterocycles. The van der Waals surface area contributed by atoms with Gasteiger partial charge < -0.3 is 10.4 Å². The number of nitrogens with one attached hydrogen (secondary N) is 1. The van der Waals surface area contributed by atoms with Crippen LogP contribution in [0.1, 0.15) is 12.0 Å². The SMILES string of the molecule is Cc1ccc(S(C)(=O)=O)cc1NC(=O)[C@H]1[C@H](C(=O)O)[C@H]2C=C[C@H]1C2. The van der Waals surface area contributed by atoms with E-state index in [4.69, 9.17) is 0 Å². The van der Waals surface area contributed by atoms with Gasteiger partial charge in [-0.2, -0.15) is 0 Å². The third-order valence-electron chi connectivity index (χ3n) is 4.94. The first-order valence-electron chi connectivity index (χ1n) is 7.71. The molecule has 0 radical (unpaired) electrons. The highest BCUT2D eigenvalue weighted by Gasteiger charge is 2.51. The Morgan fingerprint density at radius 2 is 1.79 bits per heavy atom. The van der Waals surface area contributed by atoms with Gasteiger partial charge in [0, 0.05) is 11.9 Å². The average Bonchev–Trinajstić information content (AvgIpc) is 3.08. The van der Waals surface area contributed by atoms with Crippen molar-refractivity contribution in [1.82, 2.24) is 0 Å². The summed E-state index contributed by atoms with van der Waals surface area (Å²) in [5, 5.41) is 12.2. The predicted molar refractivity (Wildman–Crippen MR) is 88.3 cm³/mol. The number of carbonyl (C=O) groups is 2. The summed E-state index contributed by atoms with van der Waals surface area (Å²) in [6.07, 6.45) is 5.57. The van der Waals surface area contributed by atoms with Gasteiger partial charge in [-0.25, -0.2) is 8.42 Å². The van der Waals surface area contributed by atoms with Gasteiger partial charge in [0.2, 0.25) is 5.91 Å². The Hall–Kier alpha value is -2.15. The van der Waals surface area contributed by atoms with Crippen molar-refractivity contribution in [2.45, 2.75) is 18.2 Å². The Bertz CT molecular complexity index is 843. The van der Waals surface area contributed by atoms with E-state index in [1.807, 2.05) is 12.2 Å². The molecule has 0 aromatic heterocycles. The second-order valence-corrected chi connectivity index (χ2v) is 8.59. The fourth-order valence-electron chi connectivity index (χ4n) is 3.70. The Labute approximate surface area is 140 Å². The number of carbonyl (C=O) groups excluding carboxylic acids is 1. The molecule has 3 rings (SSSR count). The average molecular weight is 349 g/mol. The number of benzene rings is 1. The summed E-state index contributed by atoms with van der Waals surface area (Å²) in [6.45, 7) is 1.76. The normalized spacial score (nSPS) is 28.1. The predicted octanol–water partition coefficient (Wildman–Crippen LogP) is 1.86. The van der Waals surface area contributed by atoms with Crippen LogP contribution in [0.5, 0.6) is 0 Å². The molecule has 2 bridgehead atoms. The summed E-state index contributed by atoms with van der Waals surface area (Å²) >= 11 is 0. The molecule has 0 spiro atoms. The van der Waals surface area contributed by atoms with Crippen LogP contribution in [-0.4, -0.2) is 31.7 Å². The summed E-state index contributed by atoms with van der Waals surface area (Å²) < 4.78 is 23.4. The minimum atomic E-state index is -3.39. The standard InChI is InChI=1S/C17H19NO5S/c1-9-3-6-12(24(2,22)23)8-13(9)18-16(19)14-10-4-5-11(7-10)15(14)17(20)21/h3-6,8,10-11,14-15H,7H2,1-2H3,(H,18,19)(H,20,21)/t10-,11-,14+,15+/m0/s1. The lowest BCUT2D eigenvalue weighted by atomic mass is 9.82. The number of anilines is 1. The molecule has 1 aromatic rings. The van der Waals surface area contributed by atoms with Crippen LogP contribution >= 0.6 is 0 Å². The van der Waals surface area contributed by atoms with Crippen molar-refractivity contribution in [3.05, 3.63) is 35.9 Å². The summed E-state index contributed by atoms with van der Waals surface area (Å²) in [6, 6.07) is 4.53. The van der Waals surface area contributed by atoms with Crippen LogP contribution in [0, 0.1) is 30.6 Å². The van der Waals surface area contributed by atoms with Crippen LogP contribution in [0.3, 0.4) is 0 Å². The second kappa shape index (κ2) is 5.73. The first kappa shape index (κ1) is 16.7. The number of amides is 1. The fourth-order valence-corrected chi connectivity index (χ4v) is 4.35. The van der Waals surface area contributed by atoms with Crippen molar-refractivity contribution >= 4 is 27.4 Å². The van der Waals surface area contributed by atoms with Gasteiger partial charge in [0.05, 0.1) is 16.7 Å². The summed E-state index contributed by atoms with van der Waals surface area (Å²) in [4.78, 5) is 24.3. The zero-order valence-electron chi connectivity index (χ0n) is 13.4. The highest BCUT2D eigenvalue weighted by Crippen LogP contribution is 2.48. The maximum absolute atomic E-state index is 12.7. The van der Waals surface area contributed by atoms with Crippen molar-refractivity contribution < 1.29 is 23.1 Å². The maximum atomic E-state index is 12.7. The molecule has 0 unspecified atom stereocenters. The lowest BCUT2D eigenvalue weighted by Gasteiger charge is -2.24. The quantitative estimate of drug-likeness (QED) is 0.808. The molecule has 24 heavy (non-hydrogen) atoms.